The molecule has 0 aromatic heterocycles. The lowest BCUT2D eigenvalue weighted by molar-refractivity contribution is -0.137. The van der Waals surface area contributed by atoms with Crippen molar-refractivity contribution in [3.63, 3.8) is 0 Å². The van der Waals surface area contributed by atoms with Crippen molar-refractivity contribution in [2.75, 3.05) is 14.2 Å². The Labute approximate surface area is 181 Å². The number of hydrazone groups is 1. The summed E-state index contributed by atoms with van der Waals surface area (Å²) in [5.41, 5.74) is 12.5. The third-order valence-electron chi connectivity index (χ3n) is 5.57. The van der Waals surface area contributed by atoms with Gasteiger partial charge >= 0.3 is 12.0 Å². The van der Waals surface area contributed by atoms with Crippen LogP contribution in [-0.2, 0) is 11.2 Å². The summed E-state index contributed by atoms with van der Waals surface area (Å²) < 4.78 is 17.5. The van der Waals surface area contributed by atoms with Crippen LogP contribution in [-0.4, -0.2) is 43.1 Å². The summed E-state index contributed by atoms with van der Waals surface area (Å²) in [7, 11) is 3.12. The second-order valence-electron chi connectivity index (χ2n) is 7.70. The number of fused-ring (bicyclic) bond motifs is 2. The smallest absolute Gasteiger partial charge is 0.332 e. The molecule has 2 aliphatic carbocycles. The number of amides is 2. The minimum atomic E-state index is -0.862. The van der Waals surface area contributed by atoms with E-state index < -0.39 is 12.0 Å². The maximum absolute atomic E-state index is 11.2. The van der Waals surface area contributed by atoms with Gasteiger partial charge < -0.3 is 25.1 Å². The molecule has 0 saturated carbocycles. The van der Waals surface area contributed by atoms with Crippen molar-refractivity contribution >= 4 is 23.3 Å². The molecule has 0 heterocycles. The number of nitrogens with zero attached hydrogens (tertiary/aromatic N) is 1. The molecule has 0 saturated heterocycles. The van der Waals surface area contributed by atoms with Crippen molar-refractivity contribution in [2.24, 2.45) is 10.8 Å². The molecule has 3 rings (SSSR count). The summed E-state index contributed by atoms with van der Waals surface area (Å²) in [5, 5.41) is 13.2. The van der Waals surface area contributed by atoms with Gasteiger partial charge in [0, 0.05) is 17.6 Å². The predicted molar refractivity (Wildman–Crippen MR) is 116 cm³/mol. The van der Waals surface area contributed by atoms with Crippen LogP contribution in [0.5, 0.6) is 17.2 Å². The third kappa shape index (κ3) is 4.92. The molecule has 1 atom stereocenters. The molecule has 0 aliphatic heterocycles. The number of carboxylic acid groups (broad SMARTS) is 1. The lowest BCUT2D eigenvalue weighted by Gasteiger charge is -2.23. The minimum absolute atomic E-state index is 0.0223. The van der Waals surface area contributed by atoms with Crippen LogP contribution in [0.3, 0.4) is 0 Å². The summed E-state index contributed by atoms with van der Waals surface area (Å²) in [6.07, 6.45) is 4.37. The molecule has 0 fully saturated rings. The summed E-state index contributed by atoms with van der Waals surface area (Å²) in [6.45, 7) is 1.83. The highest BCUT2D eigenvalue weighted by Gasteiger charge is 2.32. The Morgan fingerprint density at radius 3 is 2.58 bits per heavy atom. The van der Waals surface area contributed by atoms with Gasteiger partial charge in [-0.15, -0.1) is 0 Å². The van der Waals surface area contributed by atoms with E-state index >= 15 is 0 Å². The number of rotatable bonds is 8. The molecule has 2 amide bonds. The Hall–Kier alpha value is -3.23. The molecule has 31 heavy (non-hydrogen) atoms. The van der Waals surface area contributed by atoms with Gasteiger partial charge in [-0.1, -0.05) is 5.57 Å². The average molecular weight is 431 g/mol. The molecule has 1 unspecified atom stereocenters. The van der Waals surface area contributed by atoms with Crippen molar-refractivity contribution < 1.29 is 28.9 Å². The Morgan fingerprint density at radius 2 is 1.94 bits per heavy atom. The molecule has 0 spiro atoms. The minimum Gasteiger partial charge on any atom is -0.492 e. The monoisotopic (exact) mass is 431 g/mol. The quantitative estimate of drug-likeness (QED) is 0.541. The first-order valence-electron chi connectivity index (χ1n) is 10.4. The van der Waals surface area contributed by atoms with Crippen molar-refractivity contribution in [1.82, 2.24) is 5.43 Å². The molecule has 4 N–H and O–H groups in total. The van der Waals surface area contributed by atoms with Gasteiger partial charge in [0.1, 0.15) is 0 Å². The van der Waals surface area contributed by atoms with Crippen LogP contribution in [0, 0.1) is 0 Å². The number of carbonyl (C=O) groups excluding carboxylic acids is 1. The van der Waals surface area contributed by atoms with Crippen LogP contribution in [0.15, 0.2) is 16.7 Å². The summed E-state index contributed by atoms with van der Waals surface area (Å²) in [5.74, 6) is 0.653. The van der Waals surface area contributed by atoms with Gasteiger partial charge in [-0.25, -0.2) is 10.2 Å². The Morgan fingerprint density at radius 1 is 1.19 bits per heavy atom. The number of hydrogen-bond acceptors (Lipinski definition) is 6. The number of ether oxygens (including phenoxy) is 3. The van der Waals surface area contributed by atoms with E-state index in [4.69, 9.17) is 25.1 Å². The SMILES string of the molecule is COc1c(OC(C)CCC(=O)O)cc2c(c1OC)C1=C(CCC2)CCC1=NNC(N)=O. The molecular formula is C22H29N3O6. The van der Waals surface area contributed by atoms with Gasteiger partial charge in [0.15, 0.2) is 11.5 Å². The second-order valence-corrected chi connectivity index (χ2v) is 7.70. The zero-order valence-electron chi connectivity index (χ0n) is 18.1. The fourth-order valence-corrected chi connectivity index (χ4v) is 4.24. The largest absolute Gasteiger partial charge is 0.492 e. The number of nitrogens with two attached hydrogens (primary N) is 1. The number of hydrogen-bond donors (Lipinski definition) is 3. The first-order chi connectivity index (χ1) is 14.8. The maximum atomic E-state index is 11.2. The van der Waals surface area contributed by atoms with E-state index in [2.05, 4.69) is 10.5 Å². The topological polar surface area (TPSA) is 132 Å². The number of carboxylic acids is 1. The van der Waals surface area contributed by atoms with Gasteiger partial charge in [0.05, 0.1) is 26.0 Å². The number of primary amides is 1. The number of nitrogens with one attached hydrogen (secondary N) is 1. The van der Waals surface area contributed by atoms with E-state index in [0.717, 1.165) is 48.1 Å². The zero-order chi connectivity index (χ0) is 22.5. The standard InChI is InChI=1S/C22H29N3O6/c1-12(7-10-17(26)27)31-16-11-14-6-4-5-13-8-9-15(24-25-22(23)28)18(13)19(14)21(30-3)20(16)29-2/h11-12H,4-10H2,1-3H3,(H,26,27)(H3,23,25,28). The maximum Gasteiger partial charge on any atom is 0.332 e. The molecule has 1 aromatic carbocycles. The fourth-order valence-electron chi connectivity index (χ4n) is 4.24. The zero-order valence-corrected chi connectivity index (χ0v) is 18.1. The van der Waals surface area contributed by atoms with E-state index in [1.807, 2.05) is 13.0 Å². The highest BCUT2D eigenvalue weighted by atomic mass is 16.5. The van der Waals surface area contributed by atoms with Gasteiger partial charge in [0.25, 0.3) is 0 Å². The van der Waals surface area contributed by atoms with Crippen molar-refractivity contribution in [3.8, 4) is 17.2 Å². The van der Waals surface area contributed by atoms with E-state index in [0.29, 0.717) is 30.1 Å². The third-order valence-corrected chi connectivity index (χ3v) is 5.57. The number of aryl methyl sites for hydroxylation is 1. The van der Waals surface area contributed by atoms with E-state index in [1.165, 1.54) is 5.57 Å². The molecule has 9 nitrogen and oxygen atoms in total. The summed E-state index contributed by atoms with van der Waals surface area (Å²) in [4.78, 5) is 22.1. The number of benzene rings is 1. The van der Waals surface area contributed by atoms with Crippen LogP contribution in [0.4, 0.5) is 4.79 Å². The number of allylic oxidation sites excluding steroid dienone is 2. The van der Waals surface area contributed by atoms with E-state index in [9.17, 15) is 9.59 Å². The number of carbonyl (C=O) groups is 2. The lowest BCUT2D eigenvalue weighted by atomic mass is 9.94. The van der Waals surface area contributed by atoms with Gasteiger partial charge in [0.2, 0.25) is 5.75 Å². The summed E-state index contributed by atoms with van der Waals surface area (Å²) in [6, 6.07) is 1.24. The van der Waals surface area contributed by atoms with Crippen molar-refractivity contribution in [2.45, 2.75) is 58.0 Å². The van der Waals surface area contributed by atoms with Gasteiger partial charge in [-0.3, -0.25) is 4.79 Å². The highest BCUT2D eigenvalue weighted by molar-refractivity contribution is 6.28. The van der Waals surface area contributed by atoms with Gasteiger partial charge in [-0.05, 0) is 57.1 Å². The molecule has 1 aromatic rings. The van der Waals surface area contributed by atoms with Crippen LogP contribution in [0.1, 0.15) is 56.6 Å². The van der Waals surface area contributed by atoms with Crippen LogP contribution < -0.4 is 25.4 Å². The molecular weight excluding hydrogens is 402 g/mol. The van der Waals surface area contributed by atoms with Crippen LogP contribution >= 0.6 is 0 Å². The Kier molecular flexibility index (Phi) is 7.04. The van der Waals surface area contributed by atoms with Crippen molar-refractivity contribution in [1.29, 1.82) is 0 Å². The Bertz CT molecular complexity index is 938. The van der Waals surface area contributed by atoms with Crippen molar-refractivity contribution in [3.05, 3.63) is 22.8 Å². The molecule has 0 bridgehead atoms. The number of methoxy groups -OCH3 is 2. The molecule has 2 aliphatic rings. The highest BCUT2D eigenvalue weighted by Crippen LogP contribution is 2.50. The van der Waals surface area contributed by atoms with Crippen LogP contribution in [0.25, 0.3) is 5.57 Å². The normalized spacial score (nSPS) is 17.5. The predicted octanol–water partition coefficient (Wildman–Crippen LogP) is 3.24. The summed E-state index contributed by atoms with van der Waals surface area (Å²) >= 11 is 0. The molecule has 168 valence electrons. The lowest BCUT2D eigenvalue weighted by Crippen LogP contribution is -2.25. The number of urea groups is 1. The fraction of sp³-hybridized carbons (Fsp3) is 0.500. The van der Waals surface area contributed by atoms with Crippen LogP contribution in [0.2, 0.25) is 0 Å². The molecule has 9 heteroatoms. The number of aliphatic carboxylic acids is 1. The molecule has 0 radical (unpaired) electrons. The second kappa shape index (κ2) is 9.72. The average Bonchev–Trinajstić information content (AvgIpc) is 3.03. The first-order valence-corrected chi connectivity index (χ1v) is 10.4. The van der Waals surface area contributed by atoms with E-state index in [-0.39, 0.29) is 12.5 Å². The Balaban J connectivity index is 2.07. The van der Waals surface area contributed by atoms with E-state index in [1.54, 1.807) is 14.2 Å². The van der Waals surface area contributed by atoms with Gasteiger partial charge in [-0.2, -0.15) is 5.10 Å². The first kappa shape index (κ1) is 22.5.